The minimum Gasteiger partial charge on any atom is -0.497 e. The van der Waals surface area contributed by atoms with Crippen LogP contribution in [0.25, 0.3) is 0 Å². The molecule has 2 heterocycles. The van der Waals surface area contributed by atoms with Gasteiger partial charge in [-0.3, -0.25) is 4.79 Å². The molecule has 2 aliphatic heterocycles. The Morgan fingerprint density at radius 2 is 2.03 bits per heavy atom. The quantitative estimate of drug-likeness (QED) is 0.512. The number of hydrogen-bond acceptors (Lipinski definition) is 6. The Hall–Kier alpha value is -3.87. The van der Waals surface area contributed by atoms with E-state index < -0.39 is 5.97 Å². The van der Waals surface area contributed by atoms with Gasteiger partial charge in [-0.2, -0.15) is 0 Å². The lowest BCUT2D eigenvalue weighted by Gasteiger charge is -2.45. The van der Waals surface area contributed by atoms with Crippen molar-refractivity contribution < 1.29 is 19.1 Å². The number of aryl methyl sites for hydroxylation is 1. The zero-order chi connectivity index (χ0) is 23.7. The lowest BCUT2D eigenvalue weighted by Crippen LogP contribution is -2.53. The SMILES string of the molecule is COc1cccc(C2=NC(=CN3CCN(C(=O)c4cccc(C)c4)C4CCCC=C43)C(=O)O2)c1. The maximum atomic E-state index is 13.3. The molecule has 1 aliphatic carbocycles. The number of benzene rings is 2. The average molecular weight is 458 g/mol. The van der Waals surface area contributed by atoms with Crippen molar-refractivity contribution in [1.29, 1.82) is 0 Å². The molecular weight excluding hydrogens is 430 g/mol. The summed E-state index contributed by atoms with van der Waals surface area (Å²) in [5, 5.41) is 0. The molecule has 0 radical (unpaired) electrons. The number of methoxy groups -OCH3 is 1. The minimum absolute atomic E-state index is 0.0216. The van der Waals surface area contributed by atoms with Gasteiger partial charge in [0.25, 0.3) is 5.91 Å². The van der Waals surface area contributed by atoms with Gasteiger partial charge in [0.05, 0.1) is 13.2 Å². The summed E-state index contributed by atoms with van der Waals surface area (Å²) in [4.78, 5) is 34.4. The lowest BCUT2D eigenvalue weighted by molar-refractivity contribution is -0.130. The first-order chi connectivity index (χ1) is 16.5. The van der Waals surface area contributed by atoms with Gasteiger partial charge in [0.2, 0.25) is 5.90 Å². The second-order valence-corrected chi connectivity index (χ2v) is 8.69. The van der Waals surface area contributed by atoms with E-state index in [4.69, 9.17) is 9.47 Å². The van der Waals surface area contributed by atoms with E-state index in [1.54, 1.807) is 19.4 Å². The molecule has 1 saturated heterocycles. The molecular formula is C27H27N3O4. The van der Waals surface area contributed by atoms with Crippen LogP contribution >= 0.6 is 0 Å². The molecule has 174 valence electrons. The maximum absolute atomic E-state index is 13.3. The summed E-state index contributed by atoms with van der Waals surface area (Å²) in [5.41, 5.74) is 3.76. The Labute approximate surface area is 199 Å². The van der Waals surface area contributed by atoms with Gasteiger partial charge in [0.1, 0.15) is 5.75 Å². The smallest absolute Gasteiger partial charge is 0.365 e. The van der Waals surface area contributed by atoms with E-state index in [1.165, 1.54) is 0 Å². The number of aliphatic imine (C=N–C) groups is 1. The van der Waals surface area contributed by atoms with E-state index in [2.05, 4.69) is 16.0 Å². The first kappa shape index (κ1) is 21.9. The molecule has 2 aromatic rings. The minimum atomic E-state index is -0.482. The van der Waals surface area contributed by atoms with Gasteiger partial charge in [-0.25, -0.2) is 9.79 Å². The fourth-order valence-electron chi connectivity index (χ4n) is 4.72. The normalized spacial score (nSPS) is 21.1. The predicted octanol–water partition coefficient (Wildman–Crippen LogP) is 4.04. The highest BCUT2D eigenvalue weighted by molar-refractivity contribution is 6.11. The van der Waals surface area contributed by atoms with Crippen LogP contribution < -0.4 is 4.74 Å². The topological polar surface area (TPSA) is 71.4 Å². The fourth-order valence-corrected chi connectivity index (χ4v) is 4.72. The van der Waals surface area contributed by atoms with E-state index in [-0.39, 0.29) is 23.5 Å². The largest absolute Gasteiger partial charge is 0.497 e. The standard InChI is InChI=1S/C27H27N3O4/c1-18-7-5-9-20(15-18)26(31)30-14-13-29(23-11-3-4-12-24(23)30)17-22-27(32)34-25(28-22)19-8-6-10-21(16-19)33-2/h5-11,15-17,24H,3-4,12-14H2,1-2H3. The molecule has 0 aromatic heterocycles. The number of fused-ring (bicyclic) bond motifs is 1. The molecule has 0 spiro atoms. The van der Waals surface area contributed by atoms with Crippen LogP contribution in [0.15, 0.2) is 77.2 Å². The number of carbonyl (C=O) groups is 2. The van der Waals surface area contributed by atoms with Crippen molar-refractivity contribution in [1.82, 2.24) is 9.80 Å². The number of rotatable bonds is 4. The van der Waals surface area contributed by atoms with Gasteiger partial charge in [-0.1, -0.05) is 29.8 Å². The van der Waals surface area contributed by atoms with Crippen molar-refractivity contribution >= 4 is 17.8 Å². The van der Waals surface area contributed by atoms with Crippen LogP contribution in [0.1, 0.15) is 40.7 Å². The van der Waals surface area contributed by atoms with Crippen LogP contribution in [0.5, 0.6) is 5.75 Å². The number of nitrogens with zero attached hydrogens (tertiary/aromatic N) is 3. The van der Waals surface area contributed by atoms with Gasteiger partial charge in [-0.05, 0) is 56.5 Å². The number of allylic oxidation sites excluding steroid dienone is 1. The number of amides is 1. The Kier molecular flexibility index (Phi) is 5.92. The lowest BCUT2D eigenvalue weighted by atomic mass is 9.93. The van der Waals surface area contributed by atoms with Crippen molar-refractivity contribution in [3.63, 3.8) is 0 Å². The number of ether oxygens (including phenoxy) is 2. The van der Waals surface area contributed by atoms with Crippen LogP contribution in [0.4, 0.5) is 0 Å². The first-order valence-corrected chi connectivity index (χ1v) is 11.5. The second-order valence-electron chi connectivity index (χ2n) is 8.69. The van der Waals surface area contributed by atoms with E-state index in [9.17, 15) is 9.59 Å². The van der Waals surface area contributed by atoms with Crippen molar-refractivity contribution in [2.75, 3.05) is 20.2 Å². The van der Waals surface area contributed by atoms with E-state index in [1.807, 2.05) is 54.3 Å². The van der Waals surface area contributed by atoms with Crippen LogP contribution in [-0.4, -0.2) is 53.8 Å². The summed E-state index contributed by atoms with van der Waals surface area (Å²) in [5.74, 6) is 0.493. The number of piperazine rings is 1. The third kappa shape index (κ3) is 4.21. The van der Waals surface area contributed by atoms with Crippen LogP contribution in [0.2, 0.25) is 0 Å². The van der Waals surface area contributed by atoms with Gasteiger partial charge >= 0.3 is 5.97 Å². The van der Waals surface area contributed by atoms with Gasteiger partial charge < -0.3 is 19.3 Å². The van der Waals surface area contributed by atoms with E-state index >= 15 is 0 Å². The molecule has 34 heavy (non-hydrogen) atoms. The predicted molar refractivity (Wildman–Crippen MR) is 128 cm³/mol. The van der Waals surface area contributed by atoms with Gasteiger partial charge in [0, 0.05) is 36.1 Å². The molecule has 7 heteroatoms. The highest BCUT2D eigenvalue weighted by Crippen LogP contribution is 2.32. The van der Waals surface area contributed by atoms with Gasteiger partial charge in [-0.15, -0.1) is 0 Å². The zero-order valence-electron chi connectivity index (χ0n) is 19.4. The summed E-state index contributed by atoms with van der Waals surface area (Å²) in [6.45, 7) is 3.15. The number of hydrogen-bond donors (Lipinski definition) is 0. The first-order valence-electron chi connectivity index (χ1n) is 11.5. The Bertz CT molecular complexity index is 1230. The molecule has 5 rings (SSSR count). The Morgan fingerprint density at radius 1 is 1.18 bits per heavy atom. The summed E-state index contributed by atoms with van der Waals surface area (Å²) in [6.07, 6.45) is 6.80. The van der Waals surface area contributed by atoms with Crippen molar-refractivity contribution in [2.45, 2.75) is 32.2 Å². The van der Waals surface area contributed by atoms with E-state index in [0.717, 1.165) is 30.5 Å². The van der Waals surface area contributed by atoms with Crippen molar-refractivity contribution in [3.8, 4) is 5.75 Å². The second kappa shape index (κ2) is 9.17. The molecule has 0 bridgehead atoms. The molecule has 1 atom stereocenters. The number of cyclic esters (lactones) is 1. The average Bonchev–Trinajstić information content (AvgIpc) is 3.24. The summed E-state index contributed by atoms with van der Waals surface area (Å²) in [7, 11) is 1.59. The van der Waals surface area contributed by atoms with Gasteiger partial charge in [0.15, 0.2) is 5.70 Å². The Balaban J connectivity index is 1.40. The molecule has 0 N–H and O–H groups in total. The molecule has 1 fully saturated rings. The zero-order valence-corrected chi connectivity index (χ0v) is 19.4. The number of esters is 1. The third-order valence-corrected chi connectivity index (χ3v) is 6.41. The monoisotopic (exact) mass is 457 g/mol. The molecule has 0 saturated carbocycles. The molecule has 1 amide bonds. The maximum Gasteiger partial charge on any atom is 0.365 e. The fraction of sp³-hybridized carbons (Fsp3) is 0.296. The Morgan fingerprint density at radius 3 is 2.85 bits per heavy atom. The third-order valence-electron chi connectivity index (χ3n) is 6.41. The summed E-state index contributed by atoms with van der Waals surface area (Å²) < 4.78 is 10.7. The molecule has 2 aromatic carbocycles. The summed E-state index contributed by atoms with van der Waals surface area (Å²) >= 11 is 0. The molecule has 1 unspecified atom stereocenters. The van der Waals surface area contributed by atoms with E-state index in [0.29, 0.717) is 30.0 Å². The van der Waals surface area contributed by atoms with Crippen LogP contribution in [0, 0.1) is 6.92 Å². The number of carbonyl (C=O) groups excluding carboxylic acids is 2. The van der Waals surface area contributed by atoms with Crippen LogP contribution in [0.3, 0.4) is 0 Å². The molecule has 7 nitrogen and oxygen atoms in total. The molecule has 3 aliphatic rings. The van der Waals surface area contributed by atoms with Crippen molar-refractivity contribution in [2.24, 2.45) is 4.99 Å². The summed E-state index contributed by atoms with van der Waals surface area (Å²) in [6, 6.07) is 15.0. The highest BCUT2D eigenvalue weighted by Gasteiger charge is 2.36. The van der Waals surface area contributed by atoms with Crippen molar-refractivity contribution in [3.05, 3.63) is 88.9 Å². The highest BCUT2D eigenvalue weighted by atomic mass is 16.6. The van der Waals surface area contributed by atoms with Crippen LogP contribution in [-0.2, 0) is 9.53 Å².